The van der Waals surface area contributed by atoms with Gasteiger partial charge in [0.25, 0.3) is 5.91 Å². The van der Waals surface area contributed by atoms with E-state index < -0.39 is 74.3 Å². The third-order valence-electron chi connectivity index (χ3n) is 10.9. The molecule has 4 amide bonds. The first-order valence-corrected chi connectivity index (χ1v) is 21.1. The highest BCUT2D eigenvalue weighted by Crippen LogP contribution is 2.46. The van der Waals surface area contributed by atoms with E-state index in [1.807, 2.05) is 36.4 Å². The van der Waals surface area contributed by atoms with Gasteiger partial charge in [0, 0.05) is 23.8 Å². The van der Waals surface area contributed by atoms with Crippen molar-refractivity contribution in [1.29, 1.82) is 0 Å². The third-order valence-corrected chi connectivity index (χ3v) is 12.7. The standard InChI is InChI=1S/C41H47N5O10S/c1-40(2,3)56-39(50)43-28-14-8-6-4-5-7-12-24-22-41(24,38(49)45-57(51,52)26-17-18-26)44-36(47)30-20-25(23-46(30)37(28)48)54-33-21-29(32-16-11-19-53-32)42-34-27-13-9-10-15-31(27)55-35(33)34/h7,9-13,15-16,19,21,24-26,28,30H,4-6,8,14,17-18,20,22-23H2,1-3H3,(H,43,50)(H,44,47)(H,45,49)/t24-,25-,28+,30+,41-/m1/s1. The zero-order chi connectivity index (χ0) is 40.1. The lowest BCUT2D eigenvalue weighted by molar-refractivity contribution is -0.141. The van der Waals surface area contributed by atoms with Crippen molar-refractivity contribution < 1.29 is 45.9 Å². The molecule has 4 aromatic rings. The minimum atomic E-state index is -3.91. The number of furan rings is 2. The Kier molecular flexibility index (Phi) is 10.0. The second kappa shape index (κ2) is 14.8. The number of ether oxygens (including phenoxy) is 2. The van der Waals surface area contributed by atoms with Crippen LogP contribution in [-0.2, 0) is 29.1 Å². The van der Waals surface area contributed by atoms with Crippen LogP contribution in [0.15, 0.2) is 69.7 Å². The first kappa shape index (κ1) is 38.5. The van der Waals surface area contributed by atoms with Crippen molar-refractivity contribution in [3.05, 3.63) is 60.9 Å². The van der Waals surface area contributed by atoms with Gasteiger partial charge in [-0.1, -0.05) is 37.1 Å². The summed E-state index contributed by atoms with van der Waals surface area (Å²) in [5.41, 5.74) is -0.360. The molecule has 2 saturated carbocycles. The highest BCUT2D eigenvalue weighted by atomic mass is 32.2. The fraction of sp³-hybridized carbons (Fsp3) is 0.488. The average molecular weight is 802 g/mol. The van der Waals surface area contributed by atoms with Crippen LogP contribution in [0.3, 0.4) is 0 Å². The molecule has 1 saturated heterocycles. The Morgan fingerprint density at radius 1 is 1.05 bits per heavy atom. The van der Waals surface area contributed by atoms with Crippen LogP contribution in [0.2, 0.25) is 0 Å². The Labute approximate surface area is 329 Å². The summed E-state index contributed by atoms with van der Waals surface area (Å²) in [6.45, 7) is 5.12. The smallest absolute Gasteiger partial charge is 0.408 e. The summed E-state index contributed by atoms with van der Waals surface area (Å²) in [6.07, 6.45) is 8.06. The number of amides is 4. The Hall–Kier alpha value is -5.38. The molecule has 0 bridgehead atoms. The average Bonchev–Trinajstić information content (AvgIpc) is 3.94. The number of pyridine rings is 1. The molecule has 1 aromatic carbocycles. The van der Waals surface area contributed by atoms with Crippen LogP contribution >= 0.6 is 0 Å². The lowest BCUT2D eigenvalue weighted by Crippen LogP contribution is -2.58. The first-order chi connectivity index (χ1) is 27.2. The molecule has 302 valence electrons. The molecule has 3 fully saturated rings. The number of sulfonamides is 1. The van der Waals surface area contributed by atoms with Gasteiger partial charge in [-0.3, -0.25) is 19.1 Å². The summed E-state index contributed by atoms with van der Waals surface area (Å²) in [6, 6.07) is 10.5. The molecule has 8 rings (SSSR count). The molecule has 0 spiro atoms. The second-order valence-corrected chi connectivity index (χ2v) is 18.4. The van der Waals surface area contributed by atoms with E-state index in [1.165, 1.54) is 11.2 Å². The predicted octanol–water partition coefficient (Wildman–Crippen LogP) is 5.49. The van der Waals surface area contributed by atoms with Crippen LogP contribution in [0, 0.1) is 5.92 Å². The van der Waals surface area contributed by atoms with Crippen molar-refractivity contribution in [2.24, 2.45) is 5.92 Å². The Balaban J connectivity index is 1.14. The number of allylic oxidation sites excluding steroid dienone is 1. The number of carbonyl (C=O) groups is 4. The van der Waals surface area contributed by atoms with Gasteiger partial charge < -0.3 is 33.8 Å². The second-order valence-electron chi connectivity index (χ2n) is 16.5. The molecule has 3 aromatic heterocycles. The number of rotatable bonds is 7. The van der Waals surface area contributed by atoms with Gasteiger partial charge in [0.05, 0.1) is 18.1 Å². The molecule has 5 heterocycles. The van der Waals surface area contributed by atoms with Gasteiger partial charge in [-0.05, 0) is 83.6 Å². The van der Waals surface area contributed by atoms with Crippen LogP contribution in [0.5, 0.6) is 5.75 Å². The highest BCUT2D eigenvalue weighted by Gasteiger charge is 2.62. The molecular formula is C41H47N5O10S. The molecule has 0 radical (unpaired) electrons. The lowest BCUT2D eigenvalue weighted by atomic mass is 10.0. The normalized spacial score (nSPS) is 25.8. The monoisotopic (exact) mass is 801 g/mol. The van der Waals surface area contributed by atoms with Gasteiger partial charge in [0.1, 0.15) is 46.1 Å². The minimum Gasteiger partial charge on any atom is -0.484 e. The number of nitrogens with zero attached hydrogens (tertiary/aromatic N) is 2. The van der Waals surface area contributed by atoms with E-state index in [1.54, 1.807) is 39.0 Å². The van der Waals surface area contributed by atoms with Crippen molar-refractivity contribution in [1.82, 2.24) is 25.2 Å². The number of carbonyl (C=O) groups excluding carboxylic acids is 4. The largest absolute Gasteiger partial charge is 0.484 e. The van der Waals surface area contributed by atoms with E-state index in [4.69, 9.17) is 23.3 Å². The number of hydrogen-bond acceptors (Lipinski definition) is 11. The number of aromatic nitrogens is 1. The van der Waals surface area contributed by atoms with Crippen LogP contribution in [0.1, 0.15) is 78.6 Å². The number of para-hydroxylation sites is 1. The summed E-state index contributed by atoms with van der Waals surface area (Å²) in [4.78, 5) is 62.2. The van der Waals surface area contributed by atoms with E-state index in [-0.39, 0.29) is 19.4 Å². The highest BCUT2D eigenvalue weighted by molar-refractivity contribution is 7.91. The number of nitrogens with one attached hydrogen (secondary N) is 3. The van der Waals surface area contributed by atoms with Crippen molar-refractivity contribution in [2.45, 2.75) is 113 Å². The summed E-state index contributed by atoms with van der Waals surface area (Å²) in [7, 11) is -3.91. The fourth-order valence-electron chi connectivity index (χ4n) is 7.77. The van der Waals surface area contributed by atoms with Gasteiger partial charge in [-0.25, -0.2) is 18.2 Å². The molecule has 4 aliphatic rings. The van der Waals surface area contributed by atoms with Crippen molar-refractivity contribution in [3.8, 4) is 17.2 Å². The van der Waals surface area contributed by atoms with E-state index in [0.717, 1.165) is 18.2 Å². The van der Waals surface area contributed by atoms with E-state index in [2.05, 4.69) is 15.4 Å². The van der Waals surface area contributed by atoms with E-state index in [0.29, 0.717) is 66.0 Å². The van der Waals surface area contributed by atoms with E-state index >= 15 is 0 Å². The first-order valence-electron chi connectivity index (χ1n) is 19.6. The van der Waals surface area contributed by atoms with Crippen molar-refractivity contribution in [2.75, 3.05) is 6.54 Å². The van der Waals surface area contributed by atoms with Crippen molar-refractivity contribution in [3.63, 3.8) is 0 Å². The minimum absolute atomic E-state index is 0.00936. The summed E-state index contributed by atoms with van der Waals surface area (Å²) in [5, 5.41) is 5.76. The van der Waals surface area contributed by atoms with E-state index in [9.17, 15) is 27.6 Å². The van der Waals surface area contributed by atoms with Gasteiger partial charge >= 0.3 is 6.09 Å². The zero-order valence-electron chi connectivity index (χ0n) is 32.1. The predicted molar refractivity (Wildman–Crippen MR) is 208 cm³/mol. The van der Waals surface area contributed by atoms with Crippen LogP contribution < -0.4 is 20.1 Å². The fourth-order valence-corrected chi connectivity index (χ4v) is 9.13. The maximum Gasteiger partial charge on any atom is 0.408 e. The molecular weight excluding hydrogens is 755 g/mol. The molecule has 5 atom stereocenters. The summed E-state index contributed by atoms with van der Waals surface area (Å²) >= 11 is 0. The van der Waals surface area contributed by atoms with Gasteiger partial charge in [-0.2, -0.15) is 0 Å². The molecule has 0 unspecified atom stereocenters. The number of hydrogen-bond donors (Lipinski definition) is 3. The number of alkyl carbamates (subject to hydrolysis) is 1. The Morgan fingerprint density at radius 2 is 1.86 bits per heavy atom. The van der Waals surface area contributed by atoms with Crippen molar-refractivity contribution >= 4 is 55.9 Å². The van der Waals surface area contributed by atoms with Gasteiger partial charge in [0.15, 0.2) is 17.1 Å². The SMILES string of the molecule is CC(C)(C)OC(=O)N[C@H]1CCCCCC=C[C@@H]2C[C@@]2(C(=O)NS(=O)(=O)C2CC2)NC(=O)[C@@H]2C[C@@H](Oc3cc(-c4ccco4)nc4c3oc3ccccc34)CN2C1=O. The van der Waals surface area contributed by atoms with Crippen LogP contribution in [-0.4, -0.2) is 83.2 Å². The number of benzene rings is 1. The lowest BCUT2D eigenvalue weighted by Gasteiger charge is -2.30. The molecule has 15 nitrogen and oxygen atoms in total. The molecule has 16 heteroatoms. The summed E-state index contributed by atoms with van der Waals surface area (Å²) in [5.74, 6) is -1.59. The van der Waals surface area contributed by atoms with Crippen LogP contribution in [0.4, 0.5) is 4.79 Å². The molecule has 2 aliphatic carbocycles. The quantitative estimate of drug-likeness (QED) is 0.200. The van der Waals surface area contributed by atoms with Gasteiger partial charge in [-0.15, -0.1) is 0 Å². The van der Waals surface area contributed by atoms with Gasteiger partial charge in [0.2, 0.25) is 21.8 Å². The number of fused-ring (bicyclic) bond motifs is 5. The molecule has 57 heavy (non-hydrogen) atoms. The maximum atomic E-state index is 14.6. The van der Waals surface area contributed by atoms with Crippen LogP contribution in [0.25, 0.3) is 33.5 Å². The Bertz CT molecular complexity index is 2350. The topological polar surface area (TPSA) is 199 Å². The zero-order valence-corrected chi connectivity index (χ0v) is 32.9. The molecule has 2 aliphatic heterocycles. The maximum absolute atomic E-state index is 14.6. The third kappa shape index (κ3) is 8.09. The summed E-state index contributed by atoms with van der Waals surface area (Å²) < 4.78 is 52.1. The molecule has 3 N–H and O–H groups in total. The Morgan fingerprint density at radius 3 is 2.61 bits per heavy atom.